The predicted octanol–water partition coefficient (Wildman–Crippen LogP) is 29.2. The number of aliphatic hydroxyl groups is 2. The zero-order chi connectivity index (χ0) is 86.5. The summed E-state index contributed by atoms with van der Waals surface area (Å²) in [4.78, 5) is 59.0. The summed E-state index contributed by atoms with van der Waals surface area (Å²) in [6.07, 6.45) is 121. The van der Waals surface area contributed by atoms with Crippen molar-refractivity contribution >= 4 is 33.6 Å². The molecular formula is C101H170O16P2. The summed E-state index contributed by atoms with van der Waals surface area (Å²) in [6, 6.07) is 0. The topological polar surface area (TPSA) is 231 Å². The zero-order valence-electron chi connectivity index (χ0n) is 75.0. The summed E-state index contributed by atoms with van der Waals surface area (Å²) in [5.74, 6) is -1.61. The Hall–Kier alpha value is -5.35. The van der Waals surface area contributed by atoms with Crippen LogP contribution in [-0.4, -0.2) is 95.9 Å². The van der Waals surface area contributed by atoms with Crippen LogP contribution in [0.1, 0.15) is 380 Å². The second kappa shape index (κ2) is 91.8. The molecular weight excluding hydrogens is 1530 g/mol. The molecule has 0 aliphatic heterocycles. The Labute approximate surface area is 725 Å². The molecule has 16 nitrogen and oxygen atoms in total. The van der Waals surface area contributed by atoms with Gasteiger partial charge in [-0.1, -0.05) is 389 Å². The molecule has 0 saturated heterocycles. The molecule has 5 unspecified atom stereocenters. The van der Waals surface area contributed by atoms with Crippen LogP contribution in [0.25, 0.3) is 0 Å². The number of ether oxygens (including phenoxy) is 3. The smallest absolute Gasteiger partial charge is 0.463 e. The lowest BCUT2D eigenvalue weighted by molar-refractivity contribution is -0.161. The quantitative estimate of drug-likeness (QED) is 0.0146. The zero-order valence-corrected chi connectivity index (χ0v) is 76.8. The van der Waals surface area contributed by atoms with Crippen molar-refractivity contribution in [1.29, 1.82) is 0 Å². The van der Waals surface area contributed by atoms with Gasteiger partial charge in [-0.15, -0.1) is 0 Å². The van der Waals surface area contributed by atoms with Crippen LogP contribution in [0.5, 0.6) is 0 Å². The Kier molecular flexibility index (Phi) is 87.7. The Morgan fingerprint density at radius 3 is 0.672 bits per heavy atom. The maximum Gasteiger partial charge on any atom is 0.472 e. The van der Waals surface area contributed by atoms with Gasteiger partial charge in [-0.2, -0.15) is 0 Å². The van der Waals surface area contributed by atoms with Crippen molar-refractivity contribution in [2.24, 2.45) is 0 Å². The van der Waals surface area contributed by atoms with Crippen molar-refractivity contribution in [2.45, 2.75) is 399 Å². The molecule has 0 aliphatic carbocycles. The van der Waals surface area contributed by atoms with E-state index < -0.39 is 91.5 Å². The van der Waals surface area contributed by atoms with E-state index in [-0.39, 0.29) is 19.3 Å². The Balaban J connectivity index is 4.52. The molecule has 0 saturated carbocycles. The fraction of sp³-hybridized carbons (Fsp3) is 0.673. The number of phosphoric ester groups is 2. The van der Waals surface area contributed by atoms with Crippen molar-refractivity contribution in [1.82, 2.24) is 0 Å². The molecule has 0 bridgehead atoms. The van der Waals surface area contributed by atoms with E-state index in [1.165, 1.54) is 154 Å². The minimum absolute atomic E-state index is 0.0610. The molecule has 0 aromatic heterocycles. The van der Waals surface area contributed by atoms with E-state index >= 15 is 0 Å². The number of carbonyl (C=O) groups excluding carboxylic acids is 3. The highest BCUT2D eigenvalue weighted by Gasteiger charge is 2.29. The Morgan fingerprint density at radius 1 is 0.235 bits per heavy atom. The molecule has 119 heavy (non-hydrogen) atoms. The van der Waals surface area contributed by atoms with Crippen LogP contribution in [0.3, 0.4) is 0 Å². The first-order valence-corrected chi connectivity index (χ1v) is 50.1. The average molecular weight is 1700 g/mol. The number of unbranched alkanes of at least 4 members (excludes halogenated alkanes) is 35. The number of rotatable bonds is 88. The molecule has 0 rings (SSSR count). The summed E-state index contributed by atoms with van der Waals surface area (Å²) >= 11 is 0. The van der Waals surface area contributed by atoms with Gasteiger partial charge in [0, 0.05) is 19.3 Å². The maximum atomic E-state index is 13.0. The van der Waals surface area contributed by atoms with Crippen LogP contribution >= 0.6 is 15.6 Å². The van der Waals surface area contributed by atoms with E-state index in [1.54, 1.807) is 0 Å². The van der Waals surface area contributed by atoms with Crippen LogP contribution in [0.15, 0.2) is 182 Å². The molecule has 0 radical (unpaired) electrons. The molecule has 5 atom stereocenters. The minimum atomic E-state index is -4.95. The Morgan fingerprint density at radius 2 is 0.420 bits per heavy atom. The number of hydrogen-bond acceptors (Lipinski definition) is 14. The molecule has 18 heteroatoms. The monoisotopic (exact) mass is 1700 g/mol. The van der Waals surface area contributed by atoms with Crippen LogP contribution in [0.4, 0.5) is 0 Å². The summed E-state index contributed by atoms with van der Waals surface area (Å²) in [6.45, 7) is 2.34. The molecule has 0 amide bonds. The van der Waals surface area contributed by atoms with Gasteiger partial charge in [0.05, 0.1) is 26.4 Å². The average Bonchev–Trinajstić information content (AvgIpc) is 0.924. The number of esters is 3. The van der Waals surface area contributed by atoms with Crippen molar-refractivity contribution in [2.75, 3.05) is 39.6 Å². The third-order valence-electron chi connectivity index (χ3n) is 19.6. The van der Waals surface area contributed by atoms with Crippen molar-refractivity contribution in [3.05, 3.63) is 182 Å². The van der Waals surface area contributed by atoms with Gasteiger partial charge in [-0.05, 0) is 154 Å². The van der Waals surface area contributed by atoms with Gasteiger partial charge in [0.2, 0.25) is 0 Å². The number of allylic oxidation sites excluding steroid dienone is 30. The van der Waals surface area contributed by atoms with Gasteiger partial charge < -0.3 is 34.2 Å². The third kappa shape index (κ3) is 93.2. The fourth-order valence-corrected chi connectivity index (χ4v) is 14.2. The molecule has 4 N–H and O–H groups in total. The number of aliphatic hydroxyl groups excluding tert-OH is 2. The van der Waals surface area contributed by atoms with Gasteiger partial charge in [0.15, 0.2) is 6.10 Å². The van der Waals surface area contributed by atoms with Crippen LogP contribution < -0.4 is 0 Å². The maximum absolute atomic E-state index is 13.0. The lowest BCUT2D eigenvalue weighted by Crippen LogP contribution is -2.30. The second-order valence-corrected chi connectivity index (χ2v) is 33.9. The Bertz CT molecular complexity index is 2890. The fourth-order valence-electron chi connectivity index (χ4n) is 12.6. The second-order valence-electron chi connectivity index (χ2n) is 31.0. The normalized spacial score (nSPS) is 14.6. The van der Waals surface area contributed by atoms with E-state index in [1.807, 2.05) is 0 Å². The molecule has 0 fully saturated rings. The van der Waals surface area contributed by atoms with E-state index in [0.717, 1.165) is 167 Å². The van der Waals surface area contributed by atoms with Crippen LogP contribution in [-0.2, 0) is 55.8 Å². The minimum Gasteiger partial charge on any atom is -0.463 e. The summed E-state index contributed by atoms with van der Waals surface area (Å²) in [5.41, 5.74) is 0. The van der Waals surface area contributed by atoms with E-state index in [0.29, 0.717) is 19.3 Å². The third-order valence-corrected chi connectivity index (χ3v) is 21.5. The predicted molar refractivity (Wildman–Crippen MR) is 500 cm³/mol. The van der Waals surface area contributed by atoms with Crippen LogP contribution in [0.2, 0.25) is 0 Å². The first-order valence-electron chi connectivity index (χ1n) is 47.1. The highest BCUT2D eigenvalue weighted by atomic mass is 31.2. The van der Waals surface area contributed by atoms with E-state index in [9.17, 15) is 43.5 Å². The lowest BCUT2D eigenvalue weighted by atomic mass is 10.0. The first-order chi connectivity index (χ1) is 58.2. The highest BCUT2D eigenvalue weighted by molar-refractivity contribution is 7.47. The number of hydrogen-bond donors (Lipinski definition) is 4. The van der Waals surface area contributed by atoms with Gasteiger partial charge >= 0.3 is 33.6 Å². The van der Waals surface area contributed by atoms with Crippen LogP contribution in [0, 0.1) is 0 Å². The number of phosphoric acid groups is 2. The first kappa shape index (κ1) is 114. The molecule has 0 spiro atoms. The van der Waals surface area contributed by atoms with E-state index in [4.69, 9.17) is 32.3 Å². The SMILES string of the molecule is CC/C=C\C/C=C\C/C=C\C/C=C\C/C=C\CCCCCCCCCCCCCCCCCCCCCC(=O)OCC(O)COP(=O)(O)OCC(O)COP(=O)(O)OCC(COC(=O)CCCCCCCCCCCCCCC/C=C\C/C=C\C/C=C\C/C=C\C/C=C\CC)OC(=O)CCCCC/C=C\C/C=C\C/C=C\C/C=C\C/C=C\CC. The molecule has 0 aromatic rings. The molecule has 0 heterocycles. The standard InChI is InChI=1S/C101H170O16P2/c1-4-7-10-13-16-19-22-25-28-31-34-36-38-40-42-44-45-46-47-48-49-51-53-54-56-58-61-63-66-69-72-75-78-81-84-87-99(104)111-90-96(102)91-113-118(107,108)114-92-97(103)93-115-119(109,110)116-95-98(117-101(106)89-86-83-80-77-74-71-68-65-60-33-30-27-24-21-18-15-12-9-6-3)94-112-100(105)88-85-82-79-76-73-70-67-64-62-59-57-55-52-50-43-41-39-37-35-32-29-26-23-20-17-14-11-8-5-2/h7-12,16-21,25-30,34-37,40-43,60,65,71,74,96-98,102-103H,4-6,13-15,22-24,31-33,38-39,44-59,61-64,66-70,72-73,75-95H2,1-3H3,(H,107,108)(H,109,110)/b10-7-,11-8-,12-9-,19-16-,20-17-,21-18-,28-25-,29-26-,30-27-,36-34-,37-35-,42-40-,43-41-,65-60-,74-71-. The summed E-state index contributed by atoms with van der Waals surface area (Å²) < 4.78 is 61.5. The summed E-state index contributed by atoms with van der Waals surface area (Å²) in [5, 5.41) is 20.7. The molecule has 0 aliphatic rings. The highest BCUT2D eigenvalue weighted by Crippen LogP contribution is 2.45. The largest absolute Gasteiger partial charge is 0.472 e. The van der Waals surface area contributed by atoms with Crippen molar-refractivity contribution < 1.29 is 75.8 Å². The van der Waals surface area contributed by atoms with Gasteiger partial charge in [0.25, 0.3) is 0 Å². The van der Waals surface area contributed by atoms with Crippen molar-refractivity contribution in [3.63, 3.8) is 0 Å². The van der Waals surface area contributed by atoms with Gasteiger partial charge in [0.1, 0.15) is 25.4 Å². The molecule has 680 valence electrons. The van der Waals surface area contributed by atoms with Gasteiger partial charge in [-0.25, -0.2) is 9.13 Å². The van der Waals surface area contributed by atoms with Crippen molar-refractivity contribution in [3.8, 4) is 0 Å². The number of carbonyl (C=O) groups is 3. The summed E-state index contributed by atoms with van der Waals surface area (Å²) in [7, 11) is -9.82. The van der Waals surface area contributed by atoms with Gasteiger partial charge in [-0.3, -0.25) is 32.5 Å². The lowest BCUT2D eigenvalue weighted by Gasteiger charge is -2.21. The molecule has 0 aromatic carbocycles. The van der Waals surface area contributed by atoms with E-state index in [2.05, 4.69) is 203 Å².